The number of ether oxygens (including phenoxy) is 1. The lowest BCUT2D eigenvalue weighted by atomic mass is 10.2. The summed E-state index contributed by atoms with van der Waals surface area (Å²) < 4.78 is 7.21. The van der Waals surface area contributed by atoms with Gasteiger partial charge < -0.3 is 15.0 Å². The minimum absolute atomic E-state index is 0.0833. The zero-order chi connectivity index (χ0) is 15.9. The van der Waals surface area contributed by atoms with E-state index < -0.39 is 0 Å². The summed E-state index contributed by atoms with van der Waals surface area (Å²) in [6, 6.07) is 5.51. The fourth-order valence-electron chi connectivity index (χ4n) is 2.57. The Morgan fingerprint density at radius 3 is 2.91 bits per heavy atom. The average Bonchev–Trinajstić information content (AvgIpc) is 3.13. The van der Waals surface area contributed by atoms with E-state index in [1.54, 1.807) is 18.5 Å². The van der Waals surface area contributed by atoms with Crippen molar-refractivity contribution < 1.29 is 9.53 Å². The standard InChI is InChI=1S/C16H21N5O2/c22-16(18-6-2-8-21-9-3-7-19-21)14-4-1-5-17-15(14)20-10-12-23-13-11-20/h1,3-5,7,9H,2,6,8,10-13H2,(H,18,22). The van der Waals surface area contributed by atoms with Gasteiger partial charge in [-0.1, -0.05) is 0 Å². The van der Waals surface area contributed by atoms with Crippen molar-refractivity contribution >= 4 is 11.7 Å². The summed E-state index contributed by atoms with van der Waals surface area (Å²) in [5.41, 5.74) is 0.619. The van der Waals surface area contributed by atoms with Gasteiger partial charge in [-0.3, -0.25) is 9.48 Å². The van der Waals surface area contributed by atoms with Crippen molar-refractivity contribution in [3.63, 3.8) is 0 Å². The summed E-state index contributed by atoms with van der Waals surface area (Å²) in [4.78, 5) is 18.9. The van der Waals surface area contributed by atoms with E-state index in [4.69, 9.17) is 4.74 Å². The normalized spacial score (nSPS) is 14.7. The summed E-state index contributed by atoms with van der Waals surface area (Å²) in [7, 11) is 0. The van der Waals surface area contributed by atoms with Gasteiger partial charge in [-0.25, -0.2) is 4.98 Å². The molecule has 0 unspecified atom stereocenters. The Hall–Kier alpha value is -2.41. The molecule has 0 aliphatic carbocycles. The molecule has 0 aromatic carbocycles. The van der Waals surface area contributed by atoms with Crippen LogP contribution in [0.25, 0.3) is 0 Å². The summed E-state index contributed by atoms with van der Waals surface area (Å²) >= 11 is 0. The van der Waals surface area contributed by atoms with Crippen LogP contribution in [0.1, 0.15) is 16.8 Å². The Morgan fingerprint density at radius 2 is 2.13 bits per heavy atom. The lowest BCUT2D eigenvalue weighted by Gasteiger charge is -2.29. The Balaban J connectivity index is 1.56. The van der Waals surface area contributed by atoms with Gasteiger partial charge in [0.1, 0.15) is 5.82 Å². The summed E-state index contributed by atoms with van der Waals surface area (Å²) in [5, 5.41) is 7.10. The van der Waals surface area contributed by atoms with E-state index >= 15 is 0 Å². The first-order valence-corrected chi connectivity index (χ1v) is 7.88. The van der Waals surface area contributed by atoms with Crippen molar-refractivity contribution in [2.75, 3.05) is 37.7 Å². The van der Waals surface area contributed by atoms with Crippen LogP contribution in [0.4, 0.5) is 5.82 Å². The smallest absolute Gasteiger partial charge is 0.255 e. The molecular formula is C16H21N5O2. The predicted molar refractivity (Wildman–Crippen MR) is 86.4 cm³/mol. The van der Waals surface area contributed by atoms with Crippen molar-refractivity contribution in [1.29, 1.82) is 0 Å². The Morgan fingerprint density at radius 1 is 1.26 bits per heavy atom. The van der Waals surface area contributed by atoms with Crippen molar-refractivity contribution in [2.24, 2.45) is 0 Å². The SMILES string of the molecule is O=C(NCCCn1cccn1)c1cccnc1N1CCOCC1. The average molecular weight is 315 g/mol. The van der Waals surface area contributed by atoms with Gasteiger partial charge in [-0.05, 0) is 24.6 Å². The minimum atomic E-state index is -0.0833. The first-order valence-electron chi connectivity index (χ1n) is 7.88. The van der Waals surface area contributed by atoms with Gasteiger partial charge >= 0.3 is 0 Å². The maximum atomic E-state index is 12.4. The third kappa shape index (κ3) is 4.07. The quantitative estimate of drug-likeness (QED) is 0.803. The molecule has 3 heterocycles. The fraction of sp³-hybridized carbons (Fsp3) is 0.438. The zero-order valence-electron chi connectivity index (χ0n) is 13.0. The largest absolute Gasteiger partial charge is 0.378 e. The molecule has 0 spiro atoms. The molecule has 0 saturated carbocycles. The third-order valence-electron chi connectivity index (χ3n) is 3.75. The van der Waals surface area contributed by atoms with E-state index in [1.165, 1.54) is 0 Å². The molecule has 2 aromatic heterocycles. The van der Waals surface area contributed by atoms with Gasteiger partial charge in [0.2, 0.25) is 0 Å². The van der Waals surface area contributed by atoms with Crippen LogP contribution >= 0.6 is 0 Å². The number of carbonyl (C=O) groups is 1. The second kappa shape index (κ2) is 7.73. The van der Waals surface area contributed by atoms with Crippen LogP contribution in [0, 0.1) is 0 Å². The summed E-state index contributed by atoms with van der Waals surface area (Å²) in [6.07, 6.45) is 6.22. The first-order chi connectivity index (χ1) is 11.3. The van der Waals surface area contributed by atoms with E-state index in [-0.39, 0.29) is 5.91 Å². The second-order valence-electron chi connectivity index (χ2n) is 5.35. The monoisotopic (exact) mass is 315 g/mol. The van der Waals surface area contributed by atoms with Crippen molar-refractivity contribution in [3.8, 4) is 0 Å². The molecule has 2 aromatic rings. The molecule has 7 heteroatoms. The highest BCUT2D eigenvalue weighted by molar-refractivity contribution is 5.98. The number of carbonyl (C=O) groups excluding carboxylic acids is 1. The lowest BCUT2D eigenvalue weighted by molar-refractivity contribution is 0.0950. The van der Waals surface area contributed by atoms with E-state index in [0.29, 0.717) is 25.3 Å². The number of rotatable bonds is 6. The fourth-order valence-corrected chi connectivity index (χ4v) is 2.57. The van der Waals surface area contributed by atoms with Crippen LogP contribution < -0.4 is 10.2 Å². The topological polar surface area (TPSA) is 72.3 Å². The number of aryl methyl sites for hydroxylation is 1. The predicted octanol–water partition coefficient (Wildman–Crippen LogP) is 0.935. The maximum Gasteiger partial charge on any atom is 0.255 e. The Bertz CT molecular complexity index is 623. The van der Waals surface area contributed by atoms with Crippen LogP contribution in [0.15, 0.2) is 36.8 Å². The van der Waals surface area contributed by atoms with Crippen LogP contribution in [0.2, 0.25) is 0 Å². The highest BCUT2D eigenvalue weighted by atomic mass is 16.5. The zero-order valence-corrected chi connectivity index (χ0v) is 13.0. The van der Waals surface area contributed by atoms with Crippen molar-refractivity contribution in [1.82, 2.24) is 20.1 Å². The number of anilines is 1. The maximum absolute atomic E-state index is 12.4. The van der Waals surface area contributed by atoms with E-state index in [1.807, 2.05) is 23.0 Å². The van der Waals surface area contributed by atoms with Crippen molar-refractivity contribution in [3.05, 3.63) is 42.4 Å². The number of aromatic nitrogens is 3. The summed E-state index contributed by atoms with van der Waals surface area (Å²) in [5.74, 6) is 0.653. The number of morpholine rings is 1. The van der Waals surface area contributed by atoms with Crippen LogP contribution in [-0.2, 0) is 11.3 Å². The van der Waals surface area contributed by atoms with Crippen LogP contribution in [-0.4, -0.2) is 53.5 Å². The molecule has 0 atom stereocenters. The van der Waals surface area contributed by atoms with Crippen LogP contribution in [0.5, 0.6) is 0 Å². The molecule has 1 fully saturated rings. The number of nitrogens with zero attached hydrogens (tertiary/aromatic N) is 4. The van der Waals surface area contributed by atoms with Gasteiger partial charge in [0.25, 0.3) is 5.91 Å². The highest BCUT2D eigenvalue weighted by Gasteiger charge is 2.19. The first kappa shape index (κ1) is 15.5. The molecule has 1 amide bonds. The molecular weight excluding hydrogens is 294 g/mol. The number of hydrogen-bond donors (Lipinski definition) is 1. The van der Waals surface area contributed by atoms with Gasteiger partial charge in [-0.2, -0.15) is 5.10 Å². The second-order valence-corrected chi connectivity index (χ2v) is 5.35. The molecule has 1 N–H and O–H groups in total. The van der Waals surface area contributed by atoms with Gasteiger partial charge in [0.15, 0.2) is 0 Å². The molecule has 7 nitrogen and oxygen atoms in total. The number of pyridine rings is 1. The Labute approximate surface area is 135 Å². The summed E-state index contributed by atoms with van der Waals surface area (Å²) in [6.45, 7) is 4.25. The molecule has 1 aliphatic rings. The van der Waals surface area contributed by atoms with Gasteiger partial charge in [0, 0.05) is 44.8 Å². The Kier molecular flexibility index (Phi) is 5.21. The van der Waals surface area contributed by atoms with Crippen LogP contribution in [0.3, 0.4) is 0 Å². The van der Waals surface area contributed by atoms with E-state index in [2.05, 4.69) is 20.3 Å². The van der Waals surface area contributed by atoms with E-state index in [0.717, 1.165) is 31.9 Å². The molecule has 0 radical (unpaired) electrons. The van der Waals surface area contributed by atoms with E-state index in [9.17, 15) is 4.79 Å². The molecule has 3 rings (SSSR count). The molecule has 0 bridgehead atoms. The van der Waals surface area contributed by atoms with Crippen molar-refractivity contribution in [2.45, 2.75) is 13.0 Å². The minimum Gasteiger partial charge on any atom is -0.378 e. The number of hydrogen-bond acceptors (Lipinski definition) is 5. The third-order valence-corrected chi connectivity index (χ3v) is 3.75. The number of amides is 1. The van der Waals surface area contributed by atoms with Gasteiger partial charge in [0.05, 0.1) is 18.8 Å². The molecule has 1 aliphatic heterocycles. The molecule has 122 valence electrons. The number of nitrogens with one attached hydrogen (secondary N) is 1. The lowest BCUT2D eigenvalue weighted by Crippen LogP contribution is -2.38. The van der Waals surface area contributed by atoms with Gasteiger partial charge in [-0.15, -0.1) is 0 Å². The molecule has 1 saturated heterocycles. The highest BCUT2D eigenvalue weighted by Crippen LogP contribution is 2.18. The molecule has 23 heavy (non-hydrogen) atoms.